The monoisotopic (exact) mass is 292 g/mol. The van der Waals surface area contributed by atoms with Crippen molar-refractivity contribution in [2.75, 3.05) is 21.2 Å². The Balaban J connectivity index is 2.74. The molecule has 0 saturated carbocycles. The highest BCUT2D eigenvalue weighted by atomic mass is 16.5. The lowest BCUT2D eigenvalue weighted by atomic mass is 10.0. The summed E-state index contributed by atoms with van der Waals surface area (Å²) in [7, 11) is 5.30. The minimum Gasteiger partial charge on any atom is -0.380 e. The number of amides is 1. The maximum absolute atomic E-state index is 12.2. The molecule has 0 heterocycles. The van der Waals surface area contributed by atoms with E-state index in [4.69, 9.17) is 4.74 Å². The fourth-order valence-corrected chi connectivity index (χ4v) is 2.31. The maximum atomic E-state index is 12.2. The molecular formula is C17H28N2O2. The summed E-state index contributed by atoms with van der Waals surface area (Å²) in [4.78, 5) is 13.9. The van der Waals surface area contributed by atoms with E-state index in [0.29, 0.717) is 19.1 Å². The van der Waals surface area contributed by atoms with Crippen LogP contribution in [-0.4, -0.2) is 38.1 Å². The number of nitrogens with zero attached hydrogens (tertiary/aromatic N) is 1. The van der Waals surface area contributed by atoms with Crippen LogP contribution in [-0.2, 0) is 22.7 Å². The second kappa shape index (κ2) is 8.80. The largest absolute Gasteiger partial charge is 0.380 e. The Morgan fingerprint density at radius 2 is 1.86 bits per heavy atom. The molecule has 1 amide bonds. The number of ether oxygens (including phenoxy) is 1. The SMILES string of the molecule is COCc1ccccc1CNC(CC(C)C)C(=O)N(C)C. The van der Waals surface area contributed by atoms with Crippen LogP contribution in [0.3, 0.4) is 0 Å². The standard InChI is InChI=1S/C17H28N2O2/c1-13(2)10-16(17(20)19(3)4)18-11-14-8-6-7-9-15(14)12-21-5/h6-9,13,16,18H,10-12H2,1-5H3. The molecule has 1 unspecified atom stereocenters. The Bertz CT molecular complexity index is 444. The van der Waals surface area contributed by atoms with Crippen LogP contribution in [0.15, 0.2) is 24.3 Å². The molecule has 118 valence electrons. The molecular weight excluding hydrogens is 264 g/mol. The molecule has 0 aliphatic carbocycles. The molecule has 0 spiro atoms. The van der Waals surface area contributed by atoms with Crippen molar-refractivity contribution in [2.24, 2.45) is 5.92 Å². The molecule has 0 saturated heterocycles. The third-order valence-electron chi connectivity index (χ3n) is 3.40. The van der Waals surface area contributed by atoms with Gasteiger partial charge >= 0.3 is 0 Å². The second-order valence-corrected chi connectivity index (χ2v) is 6.00. The Kier molecular flexibility index (Phi) is 7.40. The average molecular weight is 292 g/mol. The highest BCUT2D eigenvalue weighted by Gasteiger charge is 2.21. The molecule has 1 aromatic rings. The minimum atomic E-state index is -0.143. The Morgan fingerprint density at radius 1 is 1.24 bits per heavy atom. The first kappa shape index (κ1) is 17.7. The van der Waals surface area contributed by atoms with E-state index in [0.717, 1.165) is 12.0 Å². The summed E-state index contributed by atoms with van der Waals surface area (Å²) in [5.41, 5.74) is 2.34. The summed E-state index contributed by atoms with van der Waals surface area (Å²) in [6, 6.07) is 8.02. The van der Waals surface area contributed by atoms with Gasteiger partial charge in [0.1, 0.15) is 0 Å². The van der Waals surface area contributed by atoms with Gasteiger partial charge in [-0.1, -0.05) is 38.1 Å². The molecule has 4 heteroatoms. The third-order valence-corrected chi connectivity index (χ3v) is 3.40. The van der Waals surface area contributed by atoms with Gasteiger partial charge in [0.25, 0.3) is 0 Å². The number of carbonyl (C=O) groups excluding carboxylic acids is 1. The van der Waals surface area contributed by atoms with E-state index in [2.05, 4.69) is 31.3 Å². The number of methoxy groups -OCH3 is 1. The summed E-state index contributed by atoms with van der Waals surface area (Å²) < 4.78 is 5.22. The molecule has 1 rings (SSSR count). The van der Waals surface area contributed by atoms with Gasteiger partial charge in [0.05, 0.1) is 12.6 Å². The van der Waals surface area contributed by atoms with Crippen LogP contribution in [0.2, 0.25) is 0 Å². The van der Waals surface area contributed by atoms with E-state index in [-0.39, 0.29) is 11.9 Å². The third kappa shape index (κ3) is 5.86. The number of carbonyl (C=O) groups is 1. The summed E-state index contributed by atoms with van der Waals surface area (Å²) >= 11 is 0. The van der Waals surface area contributed by atoms with Crippen LogP contribution in [0.5, 0.6) is 0 Å². The predicted octanol–water partition coefficient (Wildman–Crippen LogP) is 2.43. The average Bonchev–Trinajstić information content (AvgIpc) is 2.44. The number of hydrogen-bond donors (Lipinski definition) is 1. The molecule has 21 heavy (non-hydrogen) atoms. The molecule has 0 aliphatic heterocycles. The van der Waals surface area contributed by atoms with Crippen LogP contribution in [0.25, 0.3) is 0 Å². The van der Waals surface area contributed by atoms with Crippen molar-refractivity contribution in [3.63, 3.8) is 0 Å². The van der Waals surface area contributed by atoms with Gasteiger partial charge in [0, 0.05) is 27.7 Å². The molecule has 1 atom stereocenters. The summed E-state index contributed by atoms with van der Waals surface area (Å²) in [6.45, 7) is 5.54. The lowest BCUT2D eigenvalue weighted by Crippen LogP contribution is -2.44. The zero-order valence-corrected chi connectivity index (χ0v) is 13.8. The van der Waals surface area contributed by atoms with E-state index in [9.17, 15) is 4.79 Å². The highest BCUT2D eigenvalue weighted by Crippen LogP contribution is 2.12. The number of benzene rings is 1. The zero-order chi connectivity index (χ0) is 15.8. The number of nitrogens with one attached hydrogen (secondary N) is 1. The molecule has 0 radical (unpaired) electrons. The predicted molar refractivity (Wildman–Crippen MR) is 85.9 cm³/mol. The van der Waals surface area contributed by atoms with Crippen molar-refractivity contribution < 1.29 is 9.53 Å². The first-order chi connectivity index (χ1) is 9.95. The van der Waals surface area contributed by atoms with E-state index < -0.39 is 0 Å². The van der Waals surface area contributed by atoms with Gasteiger partial charge in [-0.05, 0) is 23.5 Å². The van der Waals surface area contributed by atoms with Gasteiger partial charge in [-0.25, -0.2) is 0 Å². The Morgan fingerprint density at radius 3 is 2.38 bits per heavy atom. The lowest BCUT2D eigenvalue weighted by Gasteiger charge is -2.23. The molecule has 1 N–H and O–H groups in total. The van der Waals surface area contributed by atoms with Gasteiger partial charge in [0.2, 0.25) is 5.91 Å². The van der Waals surface area contributed by atoms with Gasteiger partial charge in [-0.15, -0.1) is 0 Å². The van der Waals surface area contributed by atoms with Crippen molar-refractivity contribution in [1.82, 2.24) is 10.2 Å². The Labute approximate surface area is 128 Å². The van der Waals surface area contributed by atoms with Crippen LogP contribution in [0.1, 0.15) is 31.4 Å². The van der Waals surface area contributed by atoms with Crippen molar-refractivity contribution in [3.8, 4) is 0 Å². The fraction of sp³-hybridized carbons (Fsp3) is 0.588. The molecule has 4 nitrogen and oxygen atoms in total. The van der Waals surface area contributed by atoms with Crippen molar-refractivity contribution >= 4 is 5.91 Å². The van der Waals surface area contributed by atoms with Gasteiger partial charge in [-0.2, -0.15) is 0 Å². The molecule has 0 aliphatic rings. The minimum absolute atomic E-state index is 0.132. The lowest BCUT2D eigenvalue weighted by molar-refractivity contribution is -0.131. The zero-order valence-electron chi connectivity index (χ0n) is 13.8. The summed E-state index contributed by atoms with van der Waals surface area (Å²) in [5, 5.41) is 3.40. The second-order valence-electron chi connectivity index (χ2n) is 6.00. The van der Waals surface area contributed by atoms with E-state index in [1.165, 1.54) is 5.56 Å². The normalized spacial score (nSPS) is 12.5. The number of rotatable bonds is 8. The van der Waals surface area contributed by atoms with Crippen LogP contribution >= 0.6 is 0 Å². The van der Waals surface area contributed by atoms with Crippen LogP contribution < -0.4 is 5.32 Å². The van der Waals surface area contributed by atoms with Crippen LogP contribution in [0.4, 0.5) is 0 Å². The van der Waals surface area contributed by atoms with E-state index in [1.54, 1.807) is 26.1 Å². The maximum Gasteiger partial charge on any atom is 0.239 e. The first-order valence-electron chi connectivity index (χ1n) is 7.46. The molecule has 1 aromatic carbocycles. The first-order valence-corrected chi connectivity index (χ1v) is 7.46. The molecule has 0 aromatic heterocycles. The quantitative estimate of drug-likeness (QED) is 0.800. The van der Waals surface area contributed by atoms with Crippen molar-refractivity contribution in [2.45, 2.75) is 39.5 Å². The van der Waals surface area contributed by atoms with Gasteiger partial charge < -0.3 is 15.0 Å². The molecule has 0 fully saturated rings. The summed E-state index contributed by atoms with van der Waals surface area (Å²) in [5.74, 6) is 0.605. The number of likely N-dealkylation sites (N-methyl/N-ethyl adjacent to an activating group) is 1. The number of hydrogen-bond acceptors (Lipinski definition) is 3. The highest BCUT2D eigenvalue weighted by molar-refractivity contribution is 5.81. The van der Waals surface area contributed by atoms with Crippen LogP contribution in [0, 0.1) is 5.92 Å². The summed E-state index contributed by atoms with van der Waals surface area (Å²) in [6.07, 6.45) is 0.837. The topological polar surface area (TPSA) is 41.6 Å². The van der Waals surface area contributed by atoms with Gasteiger partial charge in [-0.3, -0.25) is 4.79 Å². The van der Waals surface area contributed by atoms with Crippen molar-refractivity contribution in [3.05, 3.63) is 35.4 Å². The van der Waals surface area contributed by atoms with Gasteiger partial charge in [0.15, 0.2) is 0 Å². The van der Waals surface area contributed by atoms with E-state index >= 15 is 0 Å². The Hall–Kier alpha value is -1.39. The van der Waals surface area contributed by atoms with Crippen molar-refractivity contribution in [1.29, 1.82) is 0 Å². The molecule has 0 bridgehead atoms. The van der Waals surface area contributed by atoms with E-state index in [1.807, 2.05) is 12.1 Å². The fourth-order valence-electron chi connectivity index (χ4n) is 2.31. The smallest absolute Gasteiger partial charge is 0.239 e.